The van der Waals surface area contributed by atoms with E-state index in [9.17, 15) is 9.59 Å². The highest BCUT2D eigenvalue weighted by atomic mass is 16.2. The third-order valence-corrected chi connectivity index (χ3v) is 4.15. The summed E-state index contributed by atoms with van der Waals surface area (Å²) in [5, 5.41) is 0. The van der Waals surface area contributed by atoms with Crippen molar-refractivity contribution in [1.82, 2.24) is 9.47 Å². The van der Waals surface area contributed by atoms with E-state index in [1.165, 1.54) is 10.6 Å². The van der Waals surface area contributed by atoms with Crippen molar-refractivity contribution in [2.75, 3.05) is 13.1 Å². The average Bonchev–Trinajstić information content (AvgIpc) is 2.92. The Morgan fingerprint density at radius 2 is 1.82 bits per heavy atom. The molecular formula is C17H19N3O2. The average molecular weight is 297 g/mol. The van der Waals surface area contributed by atoms with E-state index in [4.69, 9.17) is 5.73 Å². The van der Waals surface area contributed by atoms with Gasteiger partial charge in [0.2, 0.25) is 5.91 Å². The number of hydrogen-bond donors (Lipinski definition) is 1. The minimum absolute atomic E-state index is 0.0634. The summed E-state index contributed by atoms with van der Waals surface area (Å²) in [5.41, 5.74) is 7.19. The van der Waals surface area contributed by atoms with Crippen molar-refractivity contribution >= 4 is 5.91 Å². The van der Waals surface area contributed by atoms with E-state index < -0.39 is 0 Å². The Bertz CT molecular complexity index is 711. The number of hydrogen-bond acceptors (Lipinski definition) is 3. The number of amides is 1. The van der Waals surface area contributed by atoms with Gasteiger partial charge in [-0.1, -0.05) is 36.4 Å². The first-order valence-electron chi connectivity index (χ1n) is 7.39. The fraction of sp³-hybridized carbons (Fsp3) is 0.294. The lowest BCUT2D eigenvalue weighted by Crippen LogP contribution is -2.36. The topological polar surface area (TPSA) is 68.3 Å². The van der Waals surface area contributed by atoms with Crippen LogP contribution in [0.25, 0.3) is 0 Å². The Kier molecular flexibility index (Phi) is 4.06. The lowest BCUT2D eigenvalue weighted by atomic mass is 9.95. The molecule has 2 aromatic rings. The van der Waals surface area contributed by atoms with Crippen molar-refractivity contribution < 1.29 is 4.79 Å². The lowest BCUT2D eigenvalue weighted by molar-refractivity contribution is -0.130. The first-order valence-corrected chi connectivity index (χ1v) is 7.39. The van der Waals surface area contributed by atoms with Crippen LogP contribution in [0.4, 0.5) is 0 Å². The molecule has 1 aliphatic heterocycles. The van der Waals surface area contributed by atoms with E-state index in [0.29, 0.717) is 13.1 Å². The zero-order valence-electron chi connectivity index (χ0n) is 12.3. The molecule has 2 N–H and O–H groups in total. The third kappa shape index (κ3) is 2.94. The summed E-state index contributed by atoms with van der Waals surface area (Å²) in [6.07, 6.45) is 1.63. The van der Waals surface area contributed by atoms with Gasteiger partial charge in [-0.3, -0.25) is 9.59 Å². The standard InChI is InChI=1S/C17H19N3O2/c18-15-11-20(10-14(15)13-6-2-1-3-7-13)17(22)12-19-9-5-4-8-16(19)21/h1-9,14-15H,10-12,18H2/t14-,15+/m1/s1. The van der Waals surface area contributed by atoms with Gasteiger partial charge in [0.05, 0.1) is 0 Å². The fourth-order valence-electron chi connectivity index (χ4n) is 2.92. The van der Waals surface area contributed by atoms with E-state index >= 15 is 0 Å². The maximum Gasteiger partial charge on any atom is 0.250 e. The van der Waals surface area contributed by atoms with Crippen LogP contribution in [0.2, 0.25) is 0 Å². The highest BCUT2D eigenvalue weighted by Gasteiger charge is 2.33. The lowest BCUT2D eigenvalue weighted by Gasteiger charge is -2.17. The molecule has 1 amide bonds. The largest absolute Gasteiger partial charge is 0.339 e. The molecule has 114 valence electrons. The number of rotatable bonds is 3. The van der Waals surface area contributed by atoms with Crippen LogP contribution in [0.5, 0.6) is 0 Å². The molecule has 0 bridgehead atoms. The normalized spacial score (nSPS) is 21.0. The van der Waals surface area contributed by atoms with Crippen LogP contribution >= 0.6 is 0 Å². The predicted octanol–water partition coefficient (Wildman–Crippen LogP) is 0.802. The molecule has 2 atom stereocenters. The van der Waals surface area contributed by atoms with E-state index in [0.717, 1.165) is 5.56 Å². The summed E-state index contributed by atoms with van der Waals surface area (Å²) >= 11 is 0. The van der Waals surface area contributed by atoms with Gasteiger partial charge in [0.15, 0.2) is 0 Å². The molecule has 0 spiro atoms. The molecule has 1 aromatic heterocycles. The monoisotopic (exact) mass is 297 g/mol. The maximum atomic E-state index is 12.4. The zero-order chi connectivity index (χ0) is 15.5. The van der Waals surface area contributed by atoms with Gasteiger partial charge in [0.1, 0.15) is 6.54 Å². The van der Waals surface area contributed by atoms with Gasteiger partial charge >= 0.3 is 0 Å². The molecular weight excluding hydrogens is 278 g/mol. The molecule has 0 radical (unpaired) electrons. The van der Waals surface area contributed by atoms with Crippen molar-refractivity contribution in [3.05, 3.63) is 70.6 Å². The summed E-state index contributed by atoms with van der Waals surface area (Å²) in [6, 6.07) is 14.8. The number of carbonyl (C=O) groups excluding carboxylic acids is 1. The van der Waals surface area contributed by atoms with Crippen molar-refractivity contribution in [1.29, 1.82) is 0 Å². The molecule has 0 unspecified atom stereocenters. The molecule has 5 nitrogen and oxygen atoms in total. The molecule has 5 heteroatoms. The van der Waals surface area contributed by atoms with E-state index in [-0.39, 0.29) is 30.0 Å². The quantitative estimate of drug-likeness (QED) is 0.911. The van der Waals surface area contributed by atoms with Crippen molar-refractivity contribution in [3.63, 3.8) is 0 Å². The van der Waals surface area contributed by atoms with Crippen molar-refractivity contribution in [2.45, 2.75) is 18.5 Å². The Hall–Kier alpha value is -2.40. The number of aromatic nitrogens is 1. The zero-order valence-corrected chi connectivity index (χ0v) is 12.3. The van der Waals surface area contributed by atoms with Crippen LogP contribution in [0, 0.1) is 0 Å². The van der Waals surface area contributed by atoms with Crippen LogP contribution in [0.3, 0.4) is 0 Å². The molecule has 1 fully saturated rings. The molecule has 1 saturated heterocycles. The van der Waals surface area contributed by atoms with Crippen LogP contribution in [-0.2, 0) is 11.3 Å². The summed E-state index contributed by atoms with van der Waals surface area (Å²) < 4.78 is 1.42. The van der Waals surface area contributed by atoms with E-state index in [1.54, 1.807) is 23.2 Å². The van der Waals surface area contributed by atoms with Crippen molar-refractivity contribution in [2.24, 2.45) is 5.73 Å². The minimum Gasteiger partial charge on any atom is -0.339 e. The van der Waals surface area contributed by atoms with E-state index in [2.05, 4.69) is 0 Å². The smallest absolute Gasteiger partial charge is 0.250 e. The first-order chi connectivity index (χ1) is 10.6. The molecule has 2 heterocycles. The highest BCUT2D eigenvalue weighted by Crippen LogP contribution is 2.26. The summed E-state index contributed by atoms with van der Waals surface area (Å²) in [6.45, 7) is 1.19. The van der Waals surface area contributed by atoms with Gasteiger partial charge in [-0.15, -0.1) is 0 Å². The predicted molar refractivity (Wildman–Crippen MR) is 84.4 cm³/mol. The maximum absolute atomic E-state index is 12.4. The summed E-state index contributed by atoms with van der Waals surface area (Å²) in [7, 11) is 0. The van der Waals surface area contributed by atoms with Crippen molar-refractivity contribution in [3.8, 4) is 0 Å². The molecule has 22 heavy (non-hydrogen) atoms. The van der Waals surface area contributed by atoms with Crippen LogP contribution in [0.1, 0.15) is 11.5 Å². The van der Waals surface area contributed by atoms with Gasteiger partial charge < -0.3 is 15.2 Å². The van der Waals surface area contributed by atoms with Gasteiger partial charge in [-0.2, -0.15) is 0 Å². The second-order valence-corrected chi connectivity index (χ2v) is 5.65. The number of pyridine rings is 1. The van der Waals surface area contributed by atoms with E-state index in [1.807, 2.05) is 30.3 Å². The second-order valence-electron chi connectivity index (χ2n) is 5.65. The van der Waals surface area contributed by atoms with Crippen LogP contribution in [0.15, 0.2) is 59.5 Å². The molecule has 1 aliphatic rings. The molecule has 3 rings (SSSR count). The number of benzene rings is 1. The van der Waals surface area contributed by atoms with Gasteiger partial charge in [0, 0.05) is 37.3 Å². The third-order valence-electron chi connectivity index (χ3n) is 4.15. The highest BCUT2D eigenvalue weighted by molar-refractivity contribution is 5.76. The molecule has 0 aliphatic carbocycles. The Morgan fingerprint density at radius 1 is 1.09 bits per heavy atom. The Morgan fingerprint density at radius 3 is 2.55 bits per heavy atom. The summed E-state index contributed by atoms with van der Waals surface area (Å²) in [4.78, 5) is 25.8. The number of likely N-dealkylation sites (tertiary alicyclic amines) is 1. The molecule has 1 aromatic carbocycles. The number of carbonyl (C=O) groups is 1. The SMILES string of the molecule is N[C@H]1CN(C(=O)Cn2ccccc2=O)C[C@@H]1c1ccccc1. The fourth-order valence-corrected chi connectivity index (χ4v) is 2.92. The number of nitrogens with zero attached hydrogens (tertiary/aromatic N) is 2. The summed E-state index contributed by atoms with van der Waals surface area (Å²) in [5.74, 6) is 0.0832. The van der Waals surface area contributed by atoms with Gasteiger partial charge in [0.25, 0.3) is 5.56 Å². The Labute approximate surface area is 129 Å². The van der Waals surface area contributed by atoms with Crippen LogP contribution in [-0.4, -0.2) is 34.5 Å². The molecule has 0 saturated carbocycles. The van der Waals surface area contributed by atoms with Gasteiger partial charge in [-0.05, 0) is 11.6 Å². The second kappa shape index (κ2) is 6.15. The van der Waals surface area contributed by atoms with Crippen LogP contribution < -0.4 is 11.3 Å². The minimum atomic E-state index is -0.168. The first kappa shape index (κ1) is 14.5. The Balaban J connectivity index is 1.70. The number of nitrogens with two attached hydrogens (primary N) is 1. The van der Waals surface area contributed by atoms with Gasteiger partial charge in [-0.25, -0.2) is 0 Å².